The summed E-state index contributed by atoms with van der Waals surface area (Å²) in [5, 5.41) is 7.49. The van der Waals surface area contributed by atoms with Crippen LogP contribution < -0.4 is 5.32 Å². The average Bonchev–Trinajstić information content (AvgIpc) is 2.68. The summed E-state index contributed by atoms with van der Waals surface area (Å²) in [5.41, 5.74) is 2.22. The number of rotatable bonds is 3. The first kappa shape index (κ1) is 8.48. The third-order valence-electron chi connectivity index (χ3n) is 3.75. The van der Waals surface area contributed by atoms with Crippen molar-refractivity contribution in [2.45, 2.75) is 38.8 Å². The predicted octanol–water partition coefficient (Wildman–Crippen LogP) is 1.87. The summed E-state index contributed by atoms with van der Waals surface area (Å²) in [6.07, 6.45) is 6.01. The Morgan fingerprint density at radius 2 is 2.50 bits per heavy atom. The van der Waals surface area contributed by atoms with E-state index in [4.69, 9.17) is 4.52 Å². The van der Waals surface area contributed by atoms with Crippen LogP contribution in [0.2, 0.25) is 0 Å². The number of aromatic nitrogens is 1. The van der Waals surface area contributed by atoms with Gasteiger partial charge in [-0.1, -0.05) is 5.16 Å². The number of aryl methyl sites for hydroxylation is 1. The van der Waals surface area contributed by atoms with Crippen molar-refractivity contribution in [3.63, 3.8) is 0 Å². The summed E-state index contributed by atoms with van der Waals surface area (Å²) in [6.45, 7) is 2.91. The van der Waals surface area contributed by atoms with Crippen LogP contribution in [0.1, 0.15) is 30.5 Å². The van der Waals surface area contributed by atoms with E-state index < -0.39 is 0 Å². The highest BCUT2D eigenvalue weighted by Gasteiger charge is 2.47. The Bertz CT molecular complexity index is 334. The molecule has 3 atom stereocenters. The smallest absolute Gasteiger partial charge is 0.128 e. The molecule has 3 heteroatoms. The van der Waals surface area contributed by atoms with Gasteiger partial charge in [0.1, 0.15) is 6.26 Å². The zero-order valence-corrected chi connectivity index (χ0v) is 8.49. The number of hydrogen-bond donors (Lipinski definition) is 1. The number of fused-ring (bicyclic) bond motifs is 1. The van der Waals surface area contributed by atoms with Crippen molar-refractivity contribution < 1.29 is 4.52 Å². The molecule has 1 aromatic heterocycles. The molecule has 2 aliphatic rings. The molecule has 3 nitrogen and oxygen atoms in total. The molecule has 2 fully saturated rings. The molecule has 0 bridgehead atoms. The third kappa shape index (κ3) is 1.36. The van der Waals surface area contributed by atoms with Crippen LogP contribution in [0.4, 0.5) is 0 Å². The van der Waals surface area contributed by atoms with Crippen molar-refractivity contribution in [1.29, 1.82) is 0 Å². The van der Waals surface area contributed by atoms with Gasteiger partial charge in [-0.05, 0) is 38.0 Å². The van der Waals surface area contributed by atoms with E-state index in [-0.39, 0.29) is 0 Å². The van der Waals surface area contributed by atoms with Gasteiger partial charge in [0.2, 0.25) is 0 Å². The summed E-state index contributed by atoms with van der Waals surface area (Å²) in [6, 6.07) is 0.759. The van der Waals surface area contributed by atoms with Crippen molar-refractivity contribution in [2.24, 2.45) is 11.8 Å². The van der Waals surface area contributed by atoms with Gasteiger partial charge in [-0.2, -0.15) is 0 Å². The third-order valence-corrected chi connectivity index (χ3v) is 3.75. The van der Waals surface area contributed by atoms with Crippen LogP contribution in [0.5, 0.6) is 0 Å². The molecule has 1 unspecified atom stereocenters. The van der Waals surface area contributed by atoms with Crippen LogP contribution in [0, 0.1) is 18.8 Å². The molecule has 14 heavy (non-hydrogen) atoms. The van der Waals surface area contributed by atoms with E-state index in [1.165, 1.54) is 24.8 Å². The Morgan fingerprint density at radius 3 is 3.07 bits per heavy atom. The van der Waals surface area contributed by atoms with Crippen LogP contribution in [-0.4, -0.2) is 11.2 Å². The van der Waals surface area contributed by atoms with Crippen molar-refractivity contribution in [3.05, 3.63) is 17.5 Å². The van der Waals surface area contributed by atoms with E-state index in [1.54, 1.807) is 6.26 Å². The Kier molecular flexibility index (Phi) is 1.87. The zero-order chi connectivity index (χ0) is 9.54. The molecular formula is C11H16N2O. The maximum Gasteiger partial charge on any atom is 0.128 e. The predicted molar refractivity (Wildman–Crippen MR) is 52.7 cm³/mol. The monoisotopic (exact) mass is 192 g/mol. The maximum absolute atomic E-state index is 4.91. The molecule has 3 rings (SSSR count). The topological polar surface area (TPSA) is 38.1 Å². The van der Waals surface area contributed by atoms with E-state index in [0.29, 0.717) is 0 Å². The lowest BCUT2D eigenvalue weighted by Gasteiger charge is -2.12. The number of nitrogens with one attached hydrogen (secondary N) is 1. The van der Waals surface area contributed by atoms with Gasteiger partial charge < -0.3 is 9.84 Å². The summed E-state index contributed by atoms with van der Waals surface area (Å²) >= 11 is 0. The van der Waals surface area contributed by atoms with E-state index in [0.717, 1.165) is 30.1 Å². The van der Waals surface area contributed by atoms with Crippen molar-refractivity contribution in [1.82, 2.24) is 10.5 Å². The lowest BCUT2D eigenvalue weighted by molar-refractivity contribution is 0.413. The first-order chi connectivity index (χ1) is 6.84. The second-order valence-corrected chi connectivity index (χ2v) is 4.65. The normalized spacial score (nSPS) is 34.5. The number of nitrogens with zero attached hydrogens (tertiary/aromatic N) is 1. The first-order valence-corrected chi connectivity index (χ1v) is 5.48. The minimum atomic E-state index is 0.759. The molecule has 2 aliphatic carbocycles. The zero-order valence-electron chi connectivity index (χ0n) is 8.49. The SMILES string of the molecule is Cc1nocc1CNC1CC[C@@H]2C[C@H]12. The largest absolute Gasteiger partial charge is 0.364 e. The molecule has 0 radical (unpaired) electrons. The molecular weight excluding hydrogens is 176 g/mol. The molecule has 0 saturated heterocycles. The molecule has 0 amide bonds. The van der Waals surface area contributed by atoms with E-state index in [9.17, 15) is 0 Å². The Labute approximate surface area is 83.9 Å². The van der Waals surface area contributed by atoms with Gasteiger partial charge in [0.15, 0.2) is 0 Å². The van der Waals surface area contributed by atoms with Gasteiger partial charge in [0, 0.05) is 18.2 Å². The summed E-state index contributed by atoms with van der Waals surface area (Å²) < 4.78 is 4.91. The van der Waals surface area contributed by atoms with Crippen LogP contribution in [0.15, 0.2) is 10.8 Å². The Hall–Kier alpha value is -0.830. The molecule has 0 aliphatic heterocycles. The lowest BCUT2D eigenvalue weighted by atomic mass is 10.1. The van der Waals surface area contributed by atoms with Crippen molar-refractivity contribution in [2.75, 3.05) is 0 Å². The van der Waals surface area contributed by atoms with Crippen LogP contribution in [-0.2, 0) is 6.54 Å². The highest BCUT2D eigenvalue weighted by atomic mass is 16.5. The molecule has 1 heterocycles. The first-order valence-electron chi connectivity index (χ1n) is 5.48. The van der Waals surface area contributed by atoms with Gasteiger partial charge in [-0.25, -0.2) is 0 Å². The van der Waals surface area contributed by atoms with Gasteiger partial charge in [0.25, 0.3) is 0 Å². The average molecular weight is 192 g/mol. The molecule has 1 N–H and O–H groups in total. The van der Waals surface area contributed by atoms with Crippen molar-refractivity contribution in [3.8, 4) is 0 Å². The minimum absolute atomic E-state index is 0.759. The van der Waals surface area contributed by atoms with Crippen LogP contribution >= 0.6 is 0 Å². The fourth-order valence-corrected chi connectivity index (χ4v) is 2.68. The Balaban J connectivity index is 1.56. The van der Waals surface area contributed by atoms with Gasteiger partial charge in [0.05, 0.1) is 5.69 Å². The van der Waals surface area contributed by atoms with Crippen molar-refractivity contribution >= 4 is 0 Å². The van der Waals surface area contributed by atoms with E-state index in [2.05, 4.69) is 10.5 Å². The van der Waals surface area contributed by atoms with Gasteiger partial charge >= 0.3 is 0 Å². The second kappa shape index (κ2) is 3.09. The minimum Gasteiger partial charge on any atom is -0.364 e. The van der Waals surface area contributed by atoms with Crippen LogP contribution in [0.25, 0.3) is 0 Å². The fraction of sp³-hybridized carbons (Fsp3) is 0.727. The van der Waals surface area contributed by atoms with Gasteiger partial charge in [-0.3, -0.25) is 0 Å². The molecule has 1 aromatic rings. The van der Waals surface area contributed by atoms with Crippen LogP contribution in [0.3, 0.4) is 0 Å². The maximum atomic E-state index is 4.91. The molecule has 0 spiro atoms. The van der Waals surface area contributed by atoms with E-state index >= 15 is 0 Å². The summed E-state index contributed by atoms with van der Waals surface area (Å²) in [4.78, 5) is 0. The fourth-order valence-electron chi connectivity index (χ4n) is 2.68. The van der Waals surface area contributed by atoms with E-state index in [1.807, 2.05) is 6.92 Å². The lowest BCUT2D eigenvalue weighted by Crippen LogP contribution is -2.28. The number of hydrogen-bond acceptors (Lipinski definition) is 3. The Morgan fingerprint density at radius 1 is 1.57 bits per heavy atom. The molecule has 0 aromatic carbocycles. The van der Waals surface area contributed by atoms with Gasteiger partial charge in [-0.15, -0.1) is 0 Å². The summed E-state index contributed by atoms with van der Waals surface area (Å²) in [7, 11) is 0. The quantitative estimate of drug-likeness (QED) is 0.794. The summed E-state index contributed by atoms with van der Waals surface area (Å²) in [5.74, 6) is 2.03. The molecule has 2 saturated carbocycles. The highest BCUT2D eigenvalue weighted by Crippen LogP contribution is 2.51. The second-order valence-electron chi connectivity index (χ2n) is 4.65. The highest BCUT2D eigenvalue weighted by molar-refractivity contribution is 5.13. The standard InChI is InChI=1S/C11H16N2O/c1-7-9(6-14-13-7)5-12-11-3-2-8-4-10(8)11/h6,8,10-12H,2-5H2,1H3/t8-,10+,11?/m1/s1. The molecule has 76 valence electrons.